The molecule has 0 radical (unpaired) electrons. The van der Waals surface area contributed by atoms with Crippen LogP contribution in [0.4, 0.5) is 0 Å². The van der Waals surface area contributed by atoms with Crippen LogP contribution in [0.1, 0.15) is 87.6 Å². The molecule has 6 heterocycles. The number of aliphatic carboxylic acids is 1. The van der Waals surface area contributed by atoms with Crippen LogP contribution in [0.3, 0.4) is 0 Å². The number of carboxylic acids is 1. The Morgan fingerprint density at radius 3 is 0.946 bits per heavy atom. The molecule has 590 valence electrons. The second-order valence-electron chi connectivity index (χ2n) is 28.2. The third-order valence-corrected chi connectivity index (χ3v) is 24.1. The number of aromatic nitrogens is 3. The van der Waals surface area contributed by atoms with Crippen LogP contribution in [0.15, 0.2) is 214 Å². The van der Waals surface area contributed by atoms with Crippen molar-refractivity contribution < 1.29 is 92.8 Å². The first-order chi connectivity index (χ1) is 53.9. The maximum absolute atomic E-state index is 14.0. The van der Waals surface area contributed by atoms with Crippen molar-refractivity contribution in [2.45, 2.75) is 89.4 Å². The predicted octanol–water partition coefficient (Wildman–Crippen LogP) is 11.0. The Bertz CT molecular complexity index is 4580. The van der Waals surface area contributed by atoms with Crippen molar-refractivity contribution in [3.8, 4) is 34.5 Å². The van der Waals surface area contributed by atoms with E-state index in [-0.39, 0.29) is 51.5 Å². The Labute approximate surface area is 674 Å². The Morgan fingerprint density at radius 2 is 0.696 bits per heavy atom. The average molecular weight is 1730 g/mol. The van der Waals surface area contributed by atoms with Crippen molar-refractivity contribution in [2.75, 3.05) is 89.7 Å². The number of rotatable bonds is 21. The zero-order valence-electron chi connectivity index (χ0n) is 63.1. The molecule has 2 amide bonds. The monoisotopic (exact) mass is 1720 g/mol. The van der Waals surface area contributed by atoms with E-state index in [2.05, 4.69) is 69.7 Å². The minimum Gasteiger partial charge on any atom is -0.495 e. The molecule has 27 heteroatoms. The number of hydrogen-bond donors (Lipinski definition) is 7. The fourth-order valence-electron chi connectivity index (χ4n) is 17.6. The lowest BCUT2D eigenvalue weighted by Gasteiger charge is -2.41. The SMILES string of the molecule is CCCCOC.COCCN(C)C(=O)[C@H]1[C@@H](O)[C@@]2(O)c3c(OC)cncc3O[C@@]2(c2ccc(Br)cc2)[C@@H]1c1ccccc1.COCCN(C)C(=O)[C@H]1[C@@H](O)[C@@]2(O)c3c(OC)cncc3O[C@@]2(c2ccc(Br)cc2)[C@@H]1c1ccccc1.COc1cncc2c1[C@]1(O)[C@H](O)[C@H](C(=O)O)[C@@H](c3ccccc3)[C@]1(c1ccc(Br)cc1)O2. The minimum atomic E-state index is -2.12. The summed E-state index contributed by atoms with van der Waals surface area (Å²) in [6, 6.07) is 49.6. The van der Waals surface area contributed by atoms with E-state index < -0.39 is 93.4 Å². The molecule has 15 atom stereocenters. The molecule has 3 aromatic heterocycles. The van der Waals surface area contributed by atoms with E-state index in [1.54, 1.807) is 84.0 Å². The maximum atomic E-state index is 14.0. The molecule has 0 unspecified atom stereocenters. The van der Waals surface area contributed by atoms with Crippen molar-refractivity contribution in [3.63, 3.8) is 0 Å². The Morgan fingerprint density at radius 1 is 0.420 bits per heavy atom. The van der Waals surface area contributed by atoms with E-state index in [0.29, 0.717) is 60.1 Å². The summed E-state index contributed by atoms with van der Waals surface area (Å²) in [5, 5.41) is 83.6. The van der Waals surface area contributed by atoms with Gasteiger partial charge in [-0.1, -0.05) is 189 Å². The van der Waals surface area contributed by atoms with Gasteiger partial charge in [-0.25, -0.2) is 0 Å². The molecule has 6 aromatic carbocycles. The number of nitrogens with zero attached hydrogens (tertiary/aromatic N) is 5. The number of aliphatic hydroxyl groups excluding tert-OH is 3. The van der Waals surface area contributed by atoms with Crippen LogP contribution < -0.4 is 28.4 Å². The largest absolute Gasteiger partial charge is 0.495 e. The normalized spacial score (nSPS) is 27.5. The Balaban J connectivity index is 0.000000150. The molecule has 15 rings (SSSR count). The third-order valence-electron chi connectivity index (χ3n) is 22.5. The Kier molecular flexibility index (Phi) is 25.1. The first-order valence-electron chi connectivity index (χ1n) is 36.4. The highest BCUT2D eigenvalue weighted by Gasteiger charge is 2.81. The summed E-state index contributed by atoms with van der Waals surface area (Å²) >= 11 is 10.4. The first-order valence-corrected chi connectivity index (χ1v) is 38.8. The number of carbonyl (C=O) groups excluding carboxylic acids is 2. The van der Waals surface area contributed by atoms with Gasteiger partial charge in [0, 0.05) is 86.3 Å². The van der Waals surface area contributed by atoms with Gasteiger partial charge in [-0.3, -0.25) is 29.3 Å². The fraction of sp³-hybridized carbons (Fsp3) is 0.365. The zero-order valence-corrected chi connectivity index (χ0v) is 67.9. The topological polar surface area (TPSA) is 321 Å². The number of amides is 2. The molecule has 3 saturated carbocycles. The van der Waals surface area contributed by atoms with Gasteiger partial charge in [0.1, 0.15) is 52.8 Å². The number of pyridine rings is 3. The molecule has 0 spiro atoms. The van der Waals surface area contributed by atoms with E-state index in [0.717, 1.165) is 31.2 Å². The van der Waals surface area contributed by atoms with Gasteiger partial charge in [0.15, 0.2) is 33.6 Å². The van der Waals surface area contributed by atoms with Crippen LogP contribution in [0.2, 0.25) is 0 Å². The summed E-state index contributed by atoms with van der Waals surface area (Å²) in [5.74, 6) is -6.17. The number of benzene rings is 6. The van der Waals surface area contributed by atoms with Crippen LogP contribution in [0, 0.1) is 17.8 Å². The summed E-state index contributed by atoms with van der Waals surface area (Å²) in [6.45, 7) is 4.39. The van der Waals surface area contributed by atoms with Crippen molar-refractivity contribution in [3.05, 3.63) is 264 Å². The molecule has 112 heavy (non-hydrogen) atoms. The molecule has 9 aromatic rings. The van der Waals surface area contributed by atoms with E-state index in [1.807, 2.05) is 115 Å². The second kappa shape index (κ2) is 34.0. The summed E-state index contributed by atoms with van der Waals surface area (Å²) in [4.78, 5) is 56.1. The number of carboxylic acid groups (broad SMARTS) is 1. The lowest BCUT2D eigenvalue weighted by molar-refractivity contribution is -0.159. The van der Waals surface area contributed by atoms with E-state index >= 15 is 0 Å². The number of carbonyl (C=O) groups is 3. The van der Waals surface area contributed by atoms with Crippen LogP contribution in [0.25, 0.3) is 0 Å². The molecule has 3 aliphatic carbocycles. The van der Waals surface area contributed by atoms with Gasteiger partial charge in [-0.2, -0.15) is 0 Å². The van der Waals surface area contributed by atoms with Gasteiger partial charge in [-0.05, 0) is 76.2 Å². The molecule has 6 aliphatic rings. The first kappa shape index (κ1) is 82.5. The molecule has 7 N–H and O–H groups in total. The van der Waals surface area contributed by atoms with Crippen LogP contribution in [0.5, 0.6) is 34.5 Å². The van der Waals surface area contributed by atoms with Crippen molar-refractivity contribution in [1.29, 1.82) is 0 Å². The van der Waals surface area contributed by atoms with Gasteiger partial charge in [0.2, 0.25) is 11.8 Å². The quantitative estimate of drug-likeness (QED) is 0.0329. The molecule has 3 fully saturated rings. The number of unbranched alkanes of at least 4 members (excludes halogenated alkanes) is 1. The molecular weight excluding hydrogens is 1630 g/mol. The van der Waals surface area contributed by atoms with E-state index in [9.17, 15) is 50.1 Å². The van der Waals surface area contributed by atoms with E-state index in [1.165, 1.54) is 81.2 Å². The summed E-state index contributed by atoms with van der Waals surface area (Å²) in [6.07, 6.45) is 6.49. The van der Waals surface area contributed by atoms with Crippen molar-refractivity contribution in [2.24, 2.45) is 17.8 Å². The zero-order chi connectivity index (χ0) is 80.2. The average Bonchev–Trinajstić information content (AvgIpc) is 1.51. The lowest BCUT2D eigenvalue weighted by atomic mass is 9.70. The number of halogens is 3. The molecule has 3 aliphatic heterocycles. The number of aliphatic hydroxyl groups is 6. The third kappa shape index (κ3) is 13.5. The minimum absolute atomic E-state index is 0.190. The number of likely N-dealkylation sites (N-methyl/N-ethyl adjacent to an activating group) is 2. The van der Waals surface area contributed by atoms with Crippen molar-refractivity contribution >= 4 is 65.6 Å². The number of methoxy groups -OCH3 is 6. The summed E-state index contributed by atoms with van der Waals surface area (Å²) < 4.78 is 54.1. The van der Waals surface area contributed by atoms with Crippen molar-refractivity contribution in [1.82, 2.24) is 24.8 Å². The van der Waals surface area contributed by atoms with Gasteiger partial charge in [0.25, 0.3) is 0 Å². The highest BCUT2D eigenvalue weighted by Crippen LogP contribution is 2.73. The molecule has 24 nitrogen and oxygen atoms in total. The highest BCUT2D eigenvalue weighted by atomic mass is 79.9. The van der Waals surface area contributed by atoms with Crippen LogP contribution in [-0.4, -0.2) is 186 Å². The Hall–Kier alpha value is -8.94. The fourth-order valence-corrected chi connectivity index (χ4v) is 18.4. The van der Waals surface area contributed by atoms with Crippen LogP contribution >= 0.6 is 47.8 Å². The molecular formula is C85H90Br3N5O19. The number of ether oxygens (including phenoxy) is 9. The molecule has 0 saturated heterocycles. The second-order valence-corrected chi connectivity index (χ2v) is 31.0. The predicted molar refractivity (Wildman–Crippen MR) is 423 cm³/mol. The van der Waals surface area contributed by atoms with Gasteiger partial charge in [-0.15, -0.1) is 0 Å². The maximum Gasteiger partial charge on any atom is 0.310 e. The van der Waals surface area contributed by atoms with Gasteiger partial charge < -0.3 is 88.2 Å². The summed E-state index contributed by atoms with van der Waals surface area (Å²) in [5.41, 5.74) is -6.34. The van der Waals surface area contributed by atoms with Crippen LogP contribution in [-0.2, 0) is 62.2 Å². The standard InChI is InChI=1S/2C28H29BrN2O6.C24H20BrNO6.C5H12O/c2*1-31(13-14-35-2)26(33)22-23(17-7-5-4-6-8-17)28(18-9-11-19(29)12-10-18)27(34,25(22)32)24-20(36-3)15-30-16-21(24)37-28;1-31-16-11-26-12-17-20(16)23(30)21(27)18(22(28)29)19(13-5-3-2-4-6-13)24(23,32-17)14-7-9-15(25)10-8-14;1-3-4-5-6-2/h2*4-12,15-16,22-23,25,32,34H,13-14H2,1-3H3;2-12,18-19,21,27,30H,1H3,(H,28,29);3-5H2,1-2H3/t2*22-,23-,25-,27+,28+;18-,19-,21-,23+,24+;/m111./s1. The molecule has 0 bridgehead atoms. The lowest BCUT2D eigenvalue weighted by Crippen LogP contribution is -2.52. The number of hydrogen-bond acceptors (Lipinski definition) is 21. The number of fused-ring (bicyclic) bond motifs is 9. The highest BCUT2D eigenvalue weighted by molar-refractivity contribution is 9.11. The van der Waals surface area contributed by atoms with E-state index in [4.69, 9.17) is 42.6 Å². The summed E-state index contributed by atoms with van der Waals surface area (Å²) in [7, 11) is 12.6. The van der Waals surface area contributed by atoms with Gasteiger partial charge >= 0.3 is 5.97 Å². The van der Waals surface area contributed by atoms with Gasteiger partial charge in [0.05, 0.1) is 106 Å². The smallest absolute Gasteiger partial charge is 0.310 e.